The third-order valence-electron chi connectivity index (χ3n) is 1.55. The van der Waals surface area contributed by atoms with Crippen molar-refractivity contribution in [1.82, 2.24) is 10.3 Å². The van der Waals surface area contributed by atoms with Gasteiger partial charge in [0.05, 0.1) is 11.9 Å². The Labute approximate surface area is 66.8 Å². The van der Waals surface area contributed by atoms with Crippen molar-refractivity contribution in [1.29, 1.82) is 0 Å². The molecule has 0 amide bonds. The second kappa shape index (κ2) is 3.93. The minimum atomic E-state index is 0.874. The van der Waals surface area contributed by atoms with E-state index in [1.54, 1.807) is 6.20 Å². The molecular formula is C8H13N3. The molecule has 1 aromatic heterocycles. The number of pyridine rings is 1. The van der Waals surface area contributed by atoms with E-state index in [-0.39, 0.29) is 0 Å². The van der Waals surface area contributed by atoms with Crippen molar-refractivity contribution in [3.8, 4) is 0 Å². The molecule has 1 aromatic rings. The average Bonchev–Trinajstić information content (AvgIpc) is 2.06. The molecule has 3 heteroatoms. The molecule has 0 spiro atoms. The van der Waals surface area contributed by atoms with E-state index in [0.717, 1.165) is 12.2 Å². The monoisotopic (exact) mass is 151 g/mol. The molecule has 1 heterocycles. The van der Waals surface area contributed by atoms with E-state index >= 15 is 0 Å². The van der Waals surface area contributed by atoms with E-state index in [4.69, 9.17) is 0 Å². The summed E-state index contributed by atoms with van der Waals surface area (Å²) in [7, 11) is 3.83. The number of nitrogens with zero attached hydrogens (tertiary/aromatic N) is 1. The van der Waals surface area contributed by atoms with Crippen LogP contribution in [0.2, 0.25) is 0 Å². The van der Waals surface area contributed by atoms with Gasteiger partial charge in [-0.25, -0.2) is 0 Å². The lowest BCUT2D eigenvalue weighted by Gasteiger charge is -2.06. The highest BCUT2D eigenvalue weighted by atomic mass is 14.9. The third kappa shape index (κ3) is 1.91. The highest BCUT2D eigenvalue weighted by Gasteiger charge is 1.96. The van der Waals surface area contributed by atoms with E-state index in [1.165, 1.54) is 5.56 Å². The van der Waals surface area contributed by atoms with Gasteiger partial charge in [0.1, 0.15) is 0 Å². The quantitative estimate of drug-likeness (QED) is 0.672. The molecule has 0 fully saturated rings. The summed E-state index contributed by atoms with van der Waals surface area (Å²) in [6.07, 6.45) is 3.63. The van der Waals surface area contributed by atoms with Gasteiger partial charge in [-0.05, 0) is 18.7 Å². The van der Waals surface area contributed by atoms with Gasteiger partial charge in [-0.2, -0.15) is 0 Å². The summed E-state index contributed by atoms with van der Waals surface area (Å²) >= 11 is 0. The third-order valence-corrected chi connectivity index (χ3v) is 1.55. The number of anilines is 1. The van der Waals surface area contributed by atoms with Crippen LogP contribution in [0.3, 0.4) is 0 Å². The molecule has 0 atom stereocenters. The van der Waals surface area contributed by atoms with Crippen LogP contribution < -0.4 is 10.6 Å². The van der Waals surface area contributed by atoms with Crippen LogP contribution in [-0.4, -0.2) is 19.1 Å². The molecule has 0 bridgehead atoms. The minimum absolute atomic E-state index is 0.874. The lowest BCUT2D eigenvalue weighted by molar-refractivity contribution is 0.817. The predicted molar refractivity (Wildman–Crippen MR) is 46.5 cm³/mol. The molecule has 1 rings (SSSR count). The number of hydrogen-bond acceptors (Lipinski definition) is 3. The normalized spacial score (nSPS) is 9.64. The average molecular weight is 151 g/mol. The van der Waals surface area contributed by atoms with Crippen LogP contribution >= 0.6 is 0 Å². The zero-order valence-corrected chi connectivity index (χ0v) is 6.89. The van der Waals surface area contributed by atoms with Crippen LogP contribution in [0.1, 0.15) is 5.56 Å². The number of hydrogen-bond donors (Lipinski definition) is 2. The van der Waals surface area contributed by atoms with E-state index in [1.807, 2.05) is 26.4 Å². The highest BCUT2D eigenvalue weighted by molar-refractivity contribution is 5.47. The topological polar surface area (TPSA) is 37.0 Å². The largest absolute Gasteiger partial charge is 0.387 e. The summed E-state index contributed by atoms with van der Waals surface area (Å²) in [5.41, 5.74) is 2.33. The Bertz CT molecular complexity index is 222. The van der Waals surface area contributed by atoms with E-state index in [0.29, 0.717) is 0 Å². The molecule has 0 aliphatic carbocycles. The summed E-state index contributed by atoms with van der Waals surface area (Å²) in [6, 6.07) is 2.00. The maximum Gasteiger partial charge on any atom is 0.0569 e. The van der Waals surface area contributed by atoms with Gasteiger partial charge in [-0.1, -0.05) is 0 Å². The summed E-state index contributed by atoms with van der Waals surface area (Å²) in [6.45, 7) is 0.874. The molecule has 3 nitrogen and oxygen atoms in total. The Hall–Kier alpha value is -1.09. The van der Waals surface area contributed by atoms with Crippen molar-refractivity contribution in [3.05, 3.63) is 24.0 Å². The fraction of sp³-hybridized carbons (Fsp3) is 0.375. The molecule has 11 heavy (non-hydrogen) atoms. The van der Waals surface area contributed by atoms with Crippen LogP contribution in [0.25, 0.3) is 0 Å². The van der Waals surface area contributed by atoms with E-state index in [2.05, 4.69) is 15.6 Å². The molecule has 0 saturated heterocycles. The maximum atomic E-state index is 4.01. The lowest BCUT2D eigenvalue weighted by atomic mass is 10.2. The van der Waals surface area contributed by atoms with Crippen molar-refractivity contribution in [2.24, 2.45) is 0 Å². The SMILES string of the molecule is CNCc1ccncc1NC. The van der Waals surface area contributed by atoms with Gasteiger partial charge in [-0.3, -0.25) is 4.98 Å². The first-order valence-electron chi connectivity index (χ1n) is 3.63. The fourth-order valence-corrected chi connectivity index (χ4v) is 0.993. The molecule has 0 aliphatic heterocycles. The van der Waals surface area contributed by atoms with Crippen LogP contribution in [-0.2, 0) is 6.54 Å². The van der Waals surface area contributed by atoms with Gasteiger partial charge in [0.15, 0.2) is 0 Å². The molecule has 60 valence electrons. The Morgan fingerprint density at radius 2 is 2.27 bits per heavy atom. The first-order valence-corrected chi connectivity index (χ1v) is 3.63. The minimum Gasteiger partial charge on any atom is -0.387 e. The van der Waals surface area contributed by atoms with E-state index < -0.39 is 0 Å². The van der Waals surface area contributed by atoms with Crippen LogP contribution in [0, 0.1) is 0 Å². The first-order chi connectivity index (χ1) is 5.38. The predicted octanol–water partition coefficient (Wildman–Crippen LogP) is 0.843. The molecule has 0 aliphatic rings. The van der Waals surface area contributed by atoms with Gasteiger partial charge < -0.3 is 10.6 Å². The molecule has 0 unspecified atom stereocenters. The van der Waals surface area contributed by atoms with Crippen LogP contribution in [0.15, 0.2) is 18.5 Å². The van der Waals surface area contributed by atoms with Crippen molar-refractivity contribution >= 4 is 5.69 Å². The Morgan fingerprint density at radius 3 is 2.91 bits per heavy atom. The molecule has 0 saturated carbocycles. The van der Waals surface area contributed by atoms with Crippen molar-refractivity contribution < 1.29 is 0 Å². The van der Waals surface area contributed by atoms with Crippen molar-refractivity contribution in [3.63, 3.8) is 0 Å². The summed E-state index contributed by atoms with van der Waals surface area (Å²) in [5.74, 6) is 0. The van der Waals surface area contributed by atoms with Gasteiger partial charge in [-0.15, -0.1) is 0 Å². The second-order valence-electron chi connectivity index (χ2n) is 2.31. The molecule has 0 aromatic carbocycles. The Kier molecular flexibility index (Phi) is 2.86. The summed E-state index contributed by atoms with van der Waals surface area (Å²) in [4.78, 5) is 4.01. The Morgan fingerprint density at radius 1 is 1.45 bits per heavy atom. The first kappa shape index (κ1) is 8.01. The lowest BCUT2D eigenvalue weighted by Crippen LogP contribution is -2.07. The summed E-state index contributed by atoms with van der Waals surface area (Å²) in [5, 5.41) is 6.17. The fourth-order valence-electron chi connectivity index (χ4n) is 0.993. The number of nitrogens with one attached hydrogen (secondary N) is 2. The van der Waals surface area contributed by atoms with Crippen molar-refractivity contribution in [2.75, 3.05) is 19.4 Å². The Balaban J connectivity index is 2.83. The van der Waals surface area contributed by atoms with Gasteiger partial charge in [0.2, 0.25) is 0 Å². The molecule has 0 radical (unpaired) electrons. The maximum absolute atomic E-state index is 4.01. The van der Waals surface area contributed by atoms with Gasteiger partial charge >= 0.3 is 0 Å². The smallest absolute Gasteiger partial charge is 0.0569 e. The van der Waals surface area contributed by atoms with Gasteiger partial charge in [0, 0.05) is 19.8 Å². The van der Waals surface area contributed by atoms with Crippen molar-refractivity contribution in [2.45, 2.75) is 6.54 Å². The molecular weight excluding hydrogens is 138 g/mol. The van der Waals surface area contributed by atoms with Crippen LogP contribution in [0.4, 0.5) is 5.69 Å². The zero-order valence-electron chi connectivity index (χ0n) is 6.89. The highest BCUT2D eigenvalue weighted by Crippen LogP contribution is 2.10. The second-order valence-corrected chi connectivity index (χ2v) is 2.31. The zero-order chi connectivity index (χ0) is 8.10. The standard InChI is InChI=1S/C8H13N3/c1-9-5-7-3-4-11-6-8(7)10-2/h3-4,6,9-10H,5H2,1-2H3. The number of rotatable bonds is 3. The summed E-state index contributed by atoms with van der Waals surface area (Å²) < 4.78 is 0. The number of aromatic nitrogens is 1. The molecule has 2 N–H and O–H groups in total. The van der Waals surface area contributed by atoms with E-state index in [9.17, 15) is 0 Å². The van der Waals surface area contributed by atoms with Gasteiger partial charge in [0.25, 0.3) is 0 Å². The van der Waals surface area contributed by atoms with Crippen LogP contribution in [0.5, 0.6) is 0 Å².